The average molecular weight is 267 g/mol. The molecule has 0 bridgehead atoms. The van der Waals surface area contributed by atoms with Crippen molar-refractivity contribution >= 4 is 16.5 Å². The minimum Gasteiger partial charge on any atom is -0.361 e. The Morgan fingerprint density at radius 1 is 1.39 bits per heavy atom. The molecule has 0 aromatic carbocycles. The van der Waals surface area contributed by atoms with Crippen LogP contribution in [0.2, 0.25) is 0 Å². The van der Waals surface area contributed by atoms with Crippen molar-refractivity contribution in [1.82, 2.24) is 9.88 Å². The van der Waals surface area contributed by atoms with Crippen LogP contribution >= 0.6 is 11.3 Å². The molecule has 2 rings (SSSR count). The topological polar surface area (TPSA) is 28.2 Å². The van der Waals surface area contributed by atoms with Crippen molar-refractivity contribution in [3.63, 3.8) is 0 Å². The van der Waals surface area contributed by atoms with Gasteiger partial charge in [-0.2, -0.15) is 0 Å². The molecule has 0 radical (unpaired) electrons. The first-order chi connectivity index (χ1) is 8.63. The first kappa shape index (κ1) is 13.8. The number of aryl methyl sites for hydroxylation is 1. The Morgan fingerprint density at radius 2 is 2.11 bits per heavy atom. The Kier molecular flexibility index (Phi) is 5.01. The fraction of sp³-hybridized carbons (Fsp3) is 0.786. The molecule has 2 unspecified atom stereocenters. The Labute approximate surface area is 115 Å². The number of nitrogens with one attached hydrogen (secondary N) is 1. The number of rotatable bonds is 5. The van der Waals surface area contributed by atoms with Crippen LogP contribution in [0.4, 0.5) is 5.13 Å². The predicted molar refractivity (Wildman–Crippen MR) is 79.3 cm³/mol. The summed E-state index contributed by atoms with van der Waals surface area (Å²) >= 11 is 1.74. The van der Waals surface area contributed by atoms with Gasteiger partial charge in [0, 0.05) is 30.7 Å². The van der Waals surface area contributed by atoms with Gasteiger partial charge >= 0.3 is 0 Å². The van der Waals surface area contributed by atoms with Gasteiger partial charge in [-0.1, -0.05) is 13.8 Å². The van der Waals surface area contributed by atoms with Crippen LogP contribution in [-0.4, -0.2) is 36.1 Å². The second kappa shape index (κ2) is 6.53. The van der Waals surface area contributed by atoms with E-state index < -0.39 is 0 Å². The molecule has 1 fully saturated rings. The van der Waals surface area contributed by atoms with Gasteiger partial charge in [-0.25, -0.2) is 4.98 Å². The molecule has 102 valence electrons. The maximum Gasteiger partial charge on any atom is 0.182 e. The van der Waals surface area contributed by atoms with Crippen LogP contribution in [0.25, 0.3) is 0 Å². The van der Waals surface area contributed by atoms with Crippen molar-refractivity contribution in [3.8, 4) is 0 Å². The largest absolute Gasteiger partial charge is 0.361 e. The first-order valence-corrected chi connectivity index (χ1v) is 7.84. The van der Waals surface area contributed by atoms with E-state index in [2.05, 4.69) is 36.0 Å². The second-order valence-corrected chi connectivity index (χ2v) is 7.00. The zero-order chi connectivity index (χ0) is 13.0. The van der Waals surface area contributed by atoms with Crippen molar-refractivity contribution < 1.29 is 0 Å². The molecular formula is C14H25N3S. The molecule has 1 aliphatic heterocycles. The number of piperidine rings is 1. The van der Waals surface area contributed by atoms with Crippen molar-refractivity contribution in [2.75, 3.05) is 31.5 Å². The summed E-state index contributed by atoms with van der Waals surface area (Å²) in [6.07, 6.45) is 4.53. The molecule has 0 aliphatic carbocycles. The Hall–Kier alpha value is -0.610. The minimum absolute atomic E-state index is 0.864. The lowest BCUT2D eigenvalue weighted by Crippen LogP contribution is -2.39. The first-order valence-electron chi connectivity index (χ1n) is 7.02. The van der Waals surface area contributed by atoms with Crippen molar-refractivity contribution in [2.45, 2.75) is 33.6 Å². The molecule has 2 heterocycles. The maximum absolute atomic E-state index is 4.32. The molecular weight excluding hydrogens is 242 g/mol. The fourth-order valence-electron chi connectivity index (χ4n) is 2.91. The molecule has 1 aromatic heterocycles. The van der Waals surface area contributed by atoms with Crippen molar-refractivity contribution in [2.24, 2.45) is 11.8 Å². The molecule has 1 N–H and O–H groups in total. The maximum atomic E-state index is 4.32. The third kappa shape index (κ3) is 4.25. The highest BCUT2D eigenvalue weighted by atomic mass is 32.1. The van der Waals surface area contributed by atoms with Gasteiger partial charge in [-0.3, -0.25) is 0 Å². The van der Waals surface area contributed by atoms with Crippen LogP contribution in [0, 0.1) is 18.8 Å². The summed E-state index contributed by atoms with van der Waals surface area (Å²) < 4.78 is 0. The average Bonchev–Trinajstić information content (AvgIpc) is 2.69. The lowest BCUT2D eigenvalue weighted by atomic mass is 9.92. The summed E-state index contributed by atoms with van der Waals surface area (Å²) in [7, 11) is 0. The highest BCUT2D eigenvalue weighted by molar-refractivity contribution is 7.15. The Morgan fingerprint density at radius 3 is 2.72 bits per heavy atom. The van der Waals surface area contributed by atoms with E-state index in [1.807, 2.05) is 6.20 Å². The van der Waals surface area contributed by atoms with Crippen LogP contribution in [0.1, 0.15) is 31.6 Å². The predicted octanol–water partition coefficient (Wildman–Crippen LogP) is 3.23. The van der Waals surface area contributed by atoms with Crippen molar-refractivity contribution in [3.05, 3.63) is 11.1 Å². The van der Waals surface area contributed by atoms with E-state index >= 15 is 0 Å². The SMILES string of the molecule is Cc1cnc(NCCCN2CC(C)CC(C)C2)s1. The van der Waals surface area contributed by atoms with Crippen molar-refractivity contribution in [1.29, 1.82) is 0 Å². The Bertz CT molecular complexity index is 354. The molecule has 18 heavy (non-hydrogen) atoms. The fourth-order valence-corrected chi connectivity index (χ4v) is 3.60. The number of thiazole rings is 1. The van der Waals surface area contributed by atoms with Gasteiger partial charge in [-0.05, 0) is 38.1 Å². The summed E-state index contributed by atoms with van der Waals surface area (Å²) in [5, 5.41) is 4.47. The van der Waals surface area contributed by atoms with E-state index in [1.54, 1.807) is 11.3 Å². The van der Waals surface area contributed by atoms with Gasteiger partial charge in [0.1, 0.15) is 0 Å². The normalized spacial score (nSPS) is 25.3. The third-order valence-electron chi connectivity index (χ3n) is 3.49. The van der Waals surface area contributed by atoms with Crippen LogP contribution in [0.5, 0.6) is 0 Å². The van der Waals surface area contributed by atoms with Gasteiger partial charge in [0.25, 0.3) is 0 Å². The zero-order valence-corrected chi connectivity index (χ0v) is 12.6. The van der Waals surface area contributed by atoms with Gasteiger partial charge in [0.05, 0.1) is 0 Å². The van der Waals surface area contributed by atoms with E-state index in [-0.39, 0.29) is 0 Å². The third-order valence-corrected chi connectivity index (χ3v) is 4.36. The summed E-state index contributed by atoms with van der Waals surface area (Å²) in [6.45, 7) is 11.7. The quantitative estimate of drug-likeness (QED) is 0.830. The number of aromatic nitrogens is 1. The molecule has 1 aliphatic rings. The summed E-state index contributed by atoms with van der Waals surface area (Å²) in [4.78, 5) is 8.21. The van der Waals surface area contributed by atoms with Crippen LogP contribution in [-0.2, 0) is 0 Å². The molecule has 2 atom stereocenters. The smallest absolute Gasteiger partial charge is 0.182 e. The second-order valence-electron chi connectivity index (χ2n) is 5.76. The number of nitrogens with zero attached hydrogens (tertiary/aromatic N) is 2. The standard InChI is InChI=1S/C14H25N3S/c1-11-7-12(2)10-17(9-11)6-4-5-15-14-16-8-13(3)18-14/h8,11-12H,4-7,9-10H2,1-3H3,(H,15,16). The molecule has 0 saturated carbocycles. The van der Waals surface area contributed by atoms with Gasteiger partial charge in [0.2, 0.25) is 0 Å². The highest BCUT2D eigenvalue weighted by Crippen LogP contribution is 2.21. The summed E-state index contributed by atoms with van der Waals surface area (Å²) in [5.74, 6) is 1.73. The van der Waals surface area contributed by atoms with Crippen LogP contribution in [0.15, 0.2) is 6.20 Å². The minimum atomic E-state index is 0.864. The van der Waals surface area contributed by atoms with E-state index in [9.17, 15) is 0 Å². The highest BCUT2D eigenvalue weighted by Gasteiger charge is 2.20. The lowest BCUT2D eigenvalue weighted by Gasteiger charge is -2.34. The summed E-state index contributed by atoms with van der Waals surface area (Å²) in [5.41, 5.74) is 0. The van der Waals surface area contributed by atoms with E-state index in [0.29, 0.717) is 0 Å². The van der Waals surface area contributed by atoms with Gasteiger partial charge < -0.3 is 10.2 Å². The van der Waals surface area contributed by atoms with Gasteiger partial charge in [0.15, 0.2) is 5.13 Å². The number of likely N-dealkylation sites (tertiary alicyclic amines) is 1. The molecule has 0 spiro atoms. The molecule has 1 aromatic rings. The lowest BCUT2D eigenvalue weighted by molar-refractivity contribution is 0.141. The van der Waals surface area contributed by atoms with Crippen LogP contribution < -0.4 is 5.32 Å². The number of anilines is 1. The molecule has 1 saturated heterocycles. The monoisotopic (exact) mass is 267 g/mol. The van der Waals surface area contributed by atoms with Gasteiger partial charge in [-0.15, -0.1) is 11.3 Å². The molecule has 0 amide bonds. The summed E-state index contributed by atoms with van der Waals surface area (Å²) in [6, 6.07) is 0. The number of hydrogen-bond acceptors (Lipinski definition) is 4. The van der Waals surface area contributed by atoms with Crippen LogP contribution in [0.3, 0.4) is 0 Å². The number of hydrogen-bond donors (Lipinski definition) is 1. The van der Waals surface area contributed by atoms with E-state index in [0.717, 1.165) is 23.5 Å². The van der Waals surface area contributed by atoms with E-state index in [4.69, 9.17) is 0 Å². The van der Waals surface area contributed by atoms with E-state index in [1.165, 1.54) is 37.4 Å². The molecule has 4 heteroatoms. The zero-order valence-electron chi connectivity index (χ0n) is 11.8. The Balaban J connectivity index is 1.63. The molecule has 3 nitrogen and oxygen atoms in total.